The number of hydrogen-bond acceptors (Lipinski definition) is 6. The lowest BCUT2D eigenvalue weighted by Gasteiger charge is -2.52. The number of nitrogens with one attached hydrogen (secondary N) is 1. The summed E-state index contributed by atoms with van der Waals surface area (Å²) in [6, 6.07) is 5.48. The molecule has 0 aliphatic heterocycles. The molecule has 1 aromatic rings. The highest BCUT2D eigenvalue weighted by Gasteiger charge is 2.72. The van der Waals surface area contributed by atoms with Crippen molar-refractivity contribution >= 4 is 44.9 Å². The van der Waals surface area contributed by atoms with Gasteiger partial charge in [-0.2, -0.15) is 13.5 Å². The van der Waals surface area contributed by atoms with E-state index in [4.69, 9.17) is 0 Å². The Balaban J connectivity index is 1.31. The van der Waals surface area contributed by atoms with Crippen molar-refractivity contribution in [2.24, 2.45) is 57.4 Å². The molecule has 0 spiro atoms. The van der Waals surface area contributed by atoms with Gasteiger partial charge in [-0.3, -0.25) is 4.90 Å². The molecule has 0 aromatic heterocycles. The van der Waals surface area contributed by atoms with E-state index < -0.39 is 21.7 Å². The summed E-state index contributed by atoms with van der Waals surface area (Å²) in [5.41, 5.74) is 0.380. The summed E-state index contributed by atoms with van der Waals surface area (Å²) in [6.07, 6.45) is 16.2. The number of benzene rings is 1. The Labute approximate surface area is 304 Å². The molecule has 1 unspecified atom stereocenters. The van der Waals surface area contributed by atoms with E-state index in [1.807, 2.05) is 38.4 Å². The molecule has 0 amide bonds. The number of hydrogen-bond donors (Lipinski definition) is 3. The number of aliphatic hydroxyl groups is 2. The predicted molar refractivity (Wildman–Crippen MR) is 203 cm³/mol. The summed E-state index contributed by atoms with van der Waals surface area (Å²) < 4.78 is 27.5. The SMILES string of the molecule is CC(C)CCC[C@@H](C)[C@H]1CCC2[C@@H]3[C@@H](/C=N/NS(=O)(=O)c4cccc5c4C=CC[C@@]5(I)N(C)C)[C@]4(O)C[C@@H](O)CC[C@]4(C)[C@H]3CC[C@@]21C. The van der Waals surface area contributed by atoms with Gasteiger partial charge in [0, 0.05) is 29.5 Å². The number of alkyl halides is 1. The van der Waals surface area contributed by atoms with Crippen LogP contribution in [0.1, 0.15) is 116 Å². The van der Waals surface area contributed by atoms with E-state index >= 15 is 0 Å². The highest BCUT2D eigenvalue weighted by molar-refractivity contribution is 14.1. The van der Waals surface area contributed by atoms with Crippen LogP contribution in [0.25, 0.3) is 6.08 Å². The molecule has 11 atom stereocenters. The lowest BCUT2D eigenvalue weighted by molar-refractivity contribution is -0.142. The van der Waals surface area contributed by atoms with Crippen molar-refractivity contribution in [2.45, 2.75) is 125 Å². The van der Waals surface area contributed by atoms with Crippen molar-refractivity contribution in [1.29, 1.82) is 0 Å². The van der Waals surface area contributed by atoms with Gasteiger partial charge < -0.3 is 10.2 Å². The van der Waals surface area contributed by atoms with Crippen LogP contribution >= 0.6 is 22.6 Å². The van der Waals surface area contributed by atoms with Gasteiger partial charge in [0.15, 0.2) is 0 Å². The van der Waals surface area contributed by atoms with Crippen LogP contribution in [0.3, 0.4) is 0 Å². The number of sulfonamides is 1. The lowest BCUT2D eigenvalue weighted by Crippen LogP contribution is -2.54. The first kappa shape index (κ1) is 36.8. The van der Waals surface area contributed by atoms with E-state index in [1.54, 1.807) is 12.3 Å². The van der Waals surface area contributed by atoms with Gasteiger partial charge in [0.25, 0.3) is 10.0 Å². The standard InChI is InChI=1S/C39H60IN3O4S/c1-25(2)11-8-12-26(3)29-16-17-31-35-32(19-21-36(29,31)4)37(5)22-18-27(44)23-38(37,45)33(35)24-41-42-48(46,47)34-15-9-14-30-28(34)13-10-20-39(30,40)43(6)7/h9-10,13-15,24-27,29,31-33,35,42,44-45H,8,11-12,16-23H2,1-7H3/b41-24+/t26-,27+,29-,31?,32+,33-,35+,36-,37-,38-,39-/m1/s1. The van der Waals surface area contributed by atoms with Gasteiger partial charge in [-0.25, -0.2) is 4.83 Å². The number of halogens is 1. The number of fused-ring (bicyclic) bond motifs is 6. The minimum absolute atomic E-state index is 0.191. The summed E-state index contributed by atoms with van der Waals surface area (Å²) in [5, 5.41) is 28.2. The summed E-state index contributed by atoms with van der Waals surface area (Å²) >= 11 is 2.42. The van der Waals surface area contributed by atoms with Crippen LogP contribution in [0, 0.1) is 52.3 Å². The molecule has 1 aromatic carbocycles. The number of rotatable bonds is 10. The molecule has 7 nitrogen and oxygen atoms in total. The summed E-state index contributed by atoms with van der Waals surface area (Å²) in [6.45, 7) is 11.9. The van der Waals surface area contributed by atoms with Gasteiger partial charge in [0.1, 0.15) is 3.55 Å². The number of nitrogens with zero attached hydrogens (tertiary/aromatic N) is 2. The maximum Gasteiger partial charge on any atom is 0.277 e. The Morgan fingerprint density at radius 1 is 1.08 bits per heavy atom. The summed E-state index contributed by atoms with van der Waals surface area (Å²) in [5.74, 6) is 2.70. The lowest BCUT2D eigenvalue weighted by atomic mass is 9.53. The Morgan fingerprint density at radius 3 is 2.54 bits per heavy atom. The molecular weight excluding hydrogens is 733 g/mol. The van der Waals surface area contributed by atoms with Crippen LogP contribution in [-0.4, -0.2) is 55.5 Å². The van der Waals surface area contributed by atoms with E-state index in [2.05, 4.69) is 72.0 Å². The second-order valence-electron chi connectivity index (χ2n) is 17.4. The molecule has 5 aliphatic rings. The number of aliphatic hydroxyl groups excluding tert-OH is 1. The van der Waals surface area contributed by atoms with Crippen molar-refractivity contribution in [2.75, 3.05) is 14.1 Å². The molecular formula is C39H60IN3O4S. The third-order valence-electron chi connectivity index (χ3n) is 14.4. The highest BCUT2D eigenvalue weighted by Crippen LogP contribution is 2.73. The van der Waals surface area contributed by atoms with Crippen LogP contribution in [0.5, 0.6) is 0 Å². The minimum atomic E-state index is -3.99. The molecule has 3 N–H and O–H groups in total. The molecule has 268 valence electrons. The largest absolute Gasteiger partial charge is 0.393 e. The van der Waals surface area contributed by atoms with Crippen molar-refractivity contribution in [1.82, 2.24) is 9.73 Å². The zero-order chi connectivity index (χ0) is 34.9. The Kier molecular flexibility index (Phi) is 10.1. The van der Waals surface area contributed by atoms with Crippen molar-refractivity contribution in [3.8, 4) is 0 Å². The van der Waals surface area contributed by atoms with E-state index in [0.29, 0.717) is 42.1 Å². The third kappa shape index (κ3) is 5.85. The van der Waals surface area contributed by atoms with E-state index in [0.717, 1.165) is 37.2 Å². The molecule has 0 heterocycles. The maximum atomic E-state index is 13.9. The predicted octanol–water partition coefficient (Wildman–Crippen LogP) is 7.95. The molecule has 9 heteroatoms. The number of hydrazone groups is 1. The van der Waals surface area contributed by atoms with Crippen molar-refractivity contribution in [3.63, 3.8) is 0 Å². The quantitative estimate of drug-likeness (QED) is 0.0735. The fourth-order valence-electron chi connectivity index (χ4n) is 11.8. The molecule has 48 heavy (non-hydrogen) atoms. The van der Waals surface area contributed by atoms with Crippen LogP contribution < -0.4 is 4.83 Å². The van der Waals surface area contributed by atoms with E-state index in [-0.39, 0.29) is 31.1 Å². The normalized spacial score (nSPS) is 41.3. The monoisotopic (exact) mass is 793 g/mol. The van der Waals surface area contributed by atoms with Gasteiger partial charge in [-0.15, -0.1) is 0 Å². The van der Waals surface area contributed by atoms with Crippen LogP contribution in [0.4, 0.5) is 0 Å². The fourth-order valence-corrected chi connectivity index (χ4v) is 13.5. The second-order valence-corrected chi connectivity index (χ2v) is 20.8. The van der Waals surface area contributed by atoms with E-state index in [1.165, 1.54) is 32.1 Å². The Bertz CT molecular complexity index is 1530. The van der Waals surface area contributed by atoms with Crippen LogP contribution in [-0.2, 0) is 13.6 Å². The van der Waals surface area contributed by atoms with Gasteiger partial charge in [0.05, 0.1) is 16.6 Å². The second kappa shape index (κ2) is 13.2. The maximum absolute atomic E-state index is 13.9. The van der Waals surface area contributed by atoms with Crippen molar-refractivity contribution in [3.05, 3.63) is 35.4 Å². The molecule has 6 rings (SSSR count). The minimum Gasteiger partial charge on any atom is -0.393 e. The van der Waals surface area contributed by atoms with Gasteiger partial charge in [0.2, 0.25) is 0 Å². The first-order valence-corrected chi connectivity index (χ1v) is 21.2. The molecule has 0 radical (unpaired) electrons. The molecule has 4 saturated carbocycles. The Morgan fingerprint density at radius 2 is 1.83 bits per heavy atom. The van der Waals surface area contributed by atoms with Gasteiger partial charge in [-0.1, -0.05) is 101 Å². The van der Waals surface area contributed by atoms with E-state index in [9.17, 15) is 18.6 Å². The first-order chi connectivity index (χ1) is 22.5. The average molecular weight is 794 g/mol. The zero-order valence-corrected chi connectivity index (χ0v) is 33.2. The molecule has 0 bridgehead atoms. The average Bonchev–Trinajstić information content (AvgIpc) is 3.46. The van der Waals surface area contributed by atoms with Gasteiger partial charge in [-0.05, 0) is 112 Å². The highest BCUT2D eigenvalue weighted by atomic mass is 127. The topological polar surface area (TPSA) is 102 Å². The molecule has 5 aliphatic carbocycles. The first-order valence-electron chi connectivity index (χ1n) is 18.6. The third-order valence-corrected chi connectivity index (χ3v) is 17.7. The Hall–Kier alpha value is -1.01. The van der Waals surface area contributed by atoms with Crippen molar-refractivity contribution < 1.29 is 18.6 Å². The van der Waals surface area contributed by atoms with Gasteiger partial charge >= 0.3 is 0 Å². The molecule has 0 saturated heterocycles. The fraction of sp³-hybridized carbons (Fsp3) is 0.769. The van der Waals surface area contributed by atoms with Crippen LogP contribution in [0.15, 0.2) is 34.3 Å². The summed E-state index contributed by atoms with van der Waals surface area (Å²) in [4.78, 5) is 4.93. The molecule has 4 fully saturated rings. The smallest absolute Gasteiger partial charge is 0.277 e. The zero-order valence-electron chi connectivity index (χ0n) is 30.3. The van der Waals surface area contributed by atoms with Crippen LogP contribution in [0.2, 0.25) is 0 Å². The summed E-state index contributed by atoms with van der Waals surface area (Å²) in [7, 11) is 0.0472.